The van der Waals surface area contributed by atoms with E-state index in [4.69, 9.17) is 16.3 Å². The summed E-state index contributed by atoms with van der Waals surface area (Å²) >= 11 is 6.53. The fourth-order valence-electron chi connectivity index (χ4n) is 3.63. The zero-order chi connectivity index (χ0) is 25.4. The maximum Gasteiger partial charge on any atom is 0.333 e. The first-order chi connectivity index (χ1) is 17.2. The zero-order valence-corrected chi connectivity index (χ0v) is 20.6. The number of aliphatic imine (C=N–C) groups is 1. The summed E-state index contributed by atoms with van der Waals surface area (Å²) in [6.07, 6.45) is 1.45. The van der Waals surface area contributed by atoms with Crippen LogP contribution in [0.3, 0.4) is 0 Å². The zero-order valence-electron chi connectivity index (χ0n) is 18.2. The number of carbonyl (C=O) groups excluding carboxylic acids is 1. The molecule has 0 fully saturated rings. The van der Waals surface area contributed by atoms with Crippen LogP contribution in [-0.2, 0) is 14.8 Å². The predicted molar refractivity (Wildman–Crippen MR) is 136 cm³/mol. The molecule has 0 atom stereocenters. The predicted octanol–water partition coefficient (Wildman–Crippen LogP) is 4.13. The van der Waals surface area contributed by atoms with Crippen molar-refractivity contribution in [2.75, 3.05) is 18.5 Å². The third-order valence-corrected chi connectivity index (χ3v) is 8.30. The molecule has 9 nitrogen and oxygen atoms in total. The average molecular weight is 547 g/mol. The molecule has 0 unspecified atom stereocenters. The number of amides is 2. The van der Waals surface area contributed by atoms with Crippen molar-refractivity contribution < 1.29 is 22.3 Å². The van der Waals surface area contributed by atoms with E-state index in [9.17, 15) is 22.4 Å². The Morgan fingerprint density at radius 3 is 2.67 bits per heavy atom. The number of carbonyl (C=O) groups is 1. The van der Waals surface area contributed by atoms with Gasteiger partial charge >= 0.3 is 6.03 Å². The summed E-state index contributed by atoms with van der Waals surface area (Å²) in [5, 5.41) is 3.29. The van der Waals surface area contributed by atoms with E-state index >= 15 is 0 Å². The normalized spacial score (nSPS) is 13.3. The van der Waals surface area contributed by atoms with Gasteiger partial charge in [-0.1, -0.05) is 11.6 Å². The molecule has 0 bridgehead atoms. The van der Waals surface area contributed by atoms with Crippen molar-refractivity contribution in [3.8, 4) is 5.69 Å². The number of hydrogen-bond acceptors (Lipinski definition) is 7. The van der Waals surface area contributed by atoms with E-state index in [1.807, 2.05) is 4.72 Å². The molecule has 2 aromatic carbocycles. The summed E-state index contributed by atoms with van der Waals surface area (Å²) in [5.74, 6) is -0.279. The average Bonchev–Trinajstić information content (AvgIpc) is 3.52. The second-order valence-electron chi connectivity index (χ2n) is 7.61. The molecule has 13 heteroatoms. The van der Waals surface area contributed by atoms with E-state index < -0.39 is 27.4 Å². The number of urea groups is 1. The quantitative estimate of drug-likeness (QED) is 0.390. The van der Waals surface area contributed by atoms with Crippen molar-refractivity contribution in [2.45, 2.75) is 4.21 Å². The molecular weight excluding hydrogens is 531 g/mol. The van der Waals surface area contributed by atoms with Crippen LogP contribution in [0.15, 0.2) is 74.8 Å². The van der Waals surface area contributed by atoms with Gasteiger partial charge in [0.1, 0.15) is 16.6 Å². The number of rotatable bonds is 5. The molecule has 0 aliphatic carbocycles. The molecular formula is C23H16ClFN4O5S2. The number of ether oxygens (including phenoxy) is 1. The van der Waals surface area contributed by atoms with Gasteiger partial charge in [0.2, 0.25) is 5.90 Å². The third-order valence-electron chi connectivity index (χ3n) is 5.24. The Morgan fingerprint density at radius 2 is 1.97 bits per heavy atom. The lowest BCUT2D eigenvalue weighted by molar-refractivity contribution is 0.256. The molecule has 2 amide bonds. The monoisotopic (exact) mass is 546 g/mol. The van der Waals surface area contributed by atoms with Crippen LogP contribution in [0, 0.1) is 5.82 Å². The van der Waals surface area contributed by atoms with Gasteiger partial charge in [-0.25, -0.2) is 27.3 Å². The van der Waals surface area contributed by atoms with Gasteiger partial charge in [0.25, 0.3) is 15.6 Å². The van der Waals surface area contributed by atoms with Crippen molar-refractivity contribution in [3.05, 3.63) is 86.9 Å². The van der Waals surface area contributed by atoms with Gasteiger partial charge in [0.15, 0.2) is 0 Å². The first kappa shape index (κ1) is 24.0. The van der Waals surface area contributed by atoms with Crippen molar-refractivity contribution in [1.82, 2.24) is 9.29 Å². The number of fused-ring (bicyclic) bond motifs is 1. The highest BCUT2D eigenvalue weighted by Gasteiger charge is 2.20. The molecule has 0 saturated heterocycles. The van der Waals surface area contributed by atoms with Gasteiger partial charge < -0.3 is 10.1 Å². The van der Waals surface area contributed by atoms with Crippen LogP contribution in [-0.4, -0.2) is 38.1 Å². The second-order valence-corrected chi connectivity index (χ2v) is 11.2. The highest BCUT2D eigenvalue weighted by atomic mass is 35.5. The number of aromatic nitrogens is 1. The minimum atomic E-state index is -4.14. The number of pyridine rings is 1. The van der Waals surface area contributed by atoms with Gasteiger partial charge in [0, 0.05) is 22.8 Å². The van der Waals surface area contributed by atoms with Crippen LogP contribution in [0.25, 0.3) is 16.5 Å². The van der Waals surface area contributed by atoms with Gasteiger partial charge in [-0.3, -0.25) is 9.36 Å². The molecule has 0 saturated carbocycles. The van der Waals surface area contributed by atoms with Gasteiger partial charge in [-0.2, -0.15) is 0 Å². The van der Waals surface area contributed by atoms with Crippen LogP contribution in [0.2, 0.25) is 4.34 Å². The fourth-order valence-corrected chi connectivity index (χ4v) is 6.02. The van der Waals surface area contributed by atoms with Crippen molar-refractivity contribution in [3.63, 3.8) is 0 Å². The van der Waals surface area contributed by atoms with E-state index in [2.05, 4.69) is 10.3 Å². The summed E-state index contributed by atoms with van der Waals surface area (Å²) < 4.78 is 48.0. The fraction of sp³-hybridized carbons (Fsp3) is 0.0870. The molecule has 184 valence electrons. The summed E-state index contributed by atoms with van der Waals surface area (Å²) in [6.45, 7) is 1.10. The van der Waals surface area contributed by atoms with Crippen LogP contribution in [0.4, 0.5) is 14.9 Å². The number of hydrogen-bond donors (Lipinski definition) is 2. The smallest absolute Gasteiger partial charge is 0.333 e. The largest absolute Gasteiger partial charge is 0.476 e. The number of thiophene rings is 1. The lowest BCUT2D eigenvalue weighted by atomic mass is 10.1. The van der Waals surface area contributed by atoms with Crippen molar-refractivity contribution in [2.24, 2.45) is 4.99 Å². The molecule has 2 aromatic heterocycles. The third kappa shape index (κ3) is 4.70. The highest BCUT2D eigenvalue weighted by Crippen LogP contribution is 2.25. The Kier molecular flexibility index (Phi) is 6.24. The lowest BCUT2D eigenvalue weighted by Gasteiger charge is -2.12. The minimum Gasteiger partial charge on any atom is -0.476 e. The molecule has 1 aliphatic heterocycles. The van der Waals surface area contributed by atoms with Crippen LogP contribution in [0.1, 0.15) is 5.56 Å². The van der Waals surface area contributed by atoms with Gasteiger partial charge in [0.05, 0.1) is 16.6 Å². The van der Waals surface area contributed by atoms with Crippen molar-refractivity contribution >= 4 is 61.3 Å². The van der Waals surface area contributed by atoms with Crippen molar-refractivity contribution in [1.29, 1.82) is 0 Å². The topological polar surface area (TPSA) is 119 Å². The Morgan fingerprint density at radius 1 is 1.14 bits per heavy atom. The van der Waals surface area contributed by atoms with E-state index in [-0.39, 0.29) is 19.9 Å². The maximum atomic E-state index is 14.9. The van der Waals surface area contributed by atoms with Gasteiger partial charge in [-0.05, 0) is 60.0 Å². The van der Waals surface area contributed by atoms with Crippen LogP contribution >= 0.6 is 22.9 Å². The Bertz CT molecular complexity index is 1720. The molecule has 3 heterocycles. The van der Waals surface area contributed by atoms with Crippen LogP contribution in [0.5, 0.6) is 0 Å². The number of nitrogens with one attached hydrogen (secondary N) is 2. The number of halogens is 2. The number of nitrogens with zero attached hydrogens (tertiary/aromatic N) is 2. The number of sulfonamides is 1. The van der Waals surface area contributed by atoms with E-state index in [1.54, 1.807) is 24.3 Å². The van der Waals surface area contributed by atoms with E-state index in [0.717, 1.165) is 27.5 Å². The first-order valence-electron chi connectivity index (χ1n) is 10.4. The summed E-state index contributed by atoms with van der Waals surface area (Å²) in [7, 11) is -4.14. The molecule has 2 N–H and O–H groups in total. The molecule has 36 heavy (non-hydrogen) atoms. The van der Waals surface area contributed by atoms with E-state index in [0.29, 0.717) is 29.8 Å². The molecule has 1 aliphatic rings. The first-order valence-corrected chi connectivity index (χ1v) is 13.1. The highest BCUT2D eigenvalue weighted by molar-refractivity contribution is 7.92. The summed E-state index contributed by atoms with van der Waals surface area (Å²) in [6, 6.07) is 12.0. The molecule has 5 rings (SSSR count). The second kappa shape index (κ2) is 9.37. The van der Waals surface area contributed by atoms with Gasteiger partial charge in [-0.15, -0.1) is 11.3 Å². The molecule has 4 aromatic rings. The minimum absolute atomic E-state index is 0.0102. The number of anilines is 1. The Labute approximate surface area is 212 Å². The van der Waals surface area contributed by atoms with Crippen LogP contribution < -0.4 is 15.6 Å². The Hall–Kier alpha value is -3.74. The SMILES string of the molecule is O=C(Nc1ccc(-n2ccc3cc(C4=NCCO4)ccc3c2=O)c(F)c1)NS(=O)(=O)c1ccc(Cl)s1. The standard InChI is InChI=1S/C23H16ClFN4O5S2/c24-19-5-6-20(35-19)36(32,33)28-23(31)27-15-2-4-18(17(25)12-15)29-9-7-13-11-14(21-26-8-10-34-21)1-3-16(13)22(29)30/h1-7,9,11-12H,8,10H2,(H2,27,28,31). The van der Waals surface area contributed by atoms with E-state index in [1.165, 1.54) is 30.5 Å². The summed E-state index contributed by atoms with van der Waals surface area (Å²) in [4.78, 5) is 29.5. The number of benzene rings is 2. The maximum absolute atomic E-state index is 14.9. The lowest BCUT2D eigenvalue weighted by Crippen LogP contribution is -2.34. The summed E-state index contributed by atoms with van der Waals surface area (Å²) in [5.41, 5.74) is 0.262. The molecule has 0 radical (unpaired) electrons. The molecule has 0 spiro atoms. The Balaban J connectivity index is 1.37.